The predicted octanol–water partition coefficient (Wildman–Crippen LogP) is 2.98. The van der Waals surface area contributed by atoms with E-state index in [9.17, 15) is 0 Å². The van der Waals surface area contributed by atoms with Crippen molar-refractivity contribution in [3.05, 3.63) is 17.5 Å². The Hall–Kier alpha value is -0.870. The van der Waals surface area contributed by atoms with Crippen molar-refractivity contribution in [1.82, 2.24) is 15.2 Å². The molecule has 1 atom stereocenters. The molecule has 1 heterocycles. The fourth-order valence-corrected chi connectivity index (χ4v) is 2.32. The van der Waals surface area contributed by atoms with Gasteiger partial charge in [-0.05, 0) is 13.3 Å². The molecule has 3 N–H and O–H groups in total. The van der Waals surface area contributed by atoms with E-state index < -0.39 is 0 Å². The van der Waals surface area contributed by atoms with E-state index in [4.69, 9.17) is 5.84 Å². The Morgan fingerprint density at radius 2 is 1.94 bits per heavy atom. The first-order valence-corrected chi connectivity index (χ1v) is 7.15. The van der Waals surface area contributed by atoms with Crippen LogP contribution in [0.25, 0.3) is 0 Å². The van der Waals surface area contributed by atoms with E-state index >= 15 is 0 Å². The standard InChI is InChI=1S/C14H28N4/c1-4-5-6-7-8-9-10-14(17-15)13-11-16-18(3)12(13)2/h11,14,17H,4-10,15H2,1-3H3. The van der Waals surface area contributed by atoms with Gasteiger partial charge in [0.05, 0.1) is 6.20 Å². The number of nitrogens with zero attached hydrogens (tertiary/aromatic N) is 2. The van der Waals surface area contributed by atoms with Gasteiger partial charge in [-0.15, -0.1) is 0 Å². The lowest BCUT2D eigenvalue weighted by atomic mass is 10.0. The Morgan fingerprint density at radius 3 is 2.50 bits per heavy atom. The van der Waals surface area contributed by atoms with Gasteiger partial charge < -0.3 is 0 Å². The highest BCUT2D eigenvalue weighted by molar-refractivity contribution is 5.20. The fourth-order valence-electron chi connectivity index (χ4n) is 2.32. The van der Waals surface area contributed by atoms with Crippen molar-refractivity contribution in [3.63, 3.8) is 0 Å². The Bertz CT molecular complexity index is 333. The molecule has 0 saturated carbocycles. The number of hydrazine groups is 1. The van der Waals surface area contributed by atoms with Crippen LogP contribution < -0.4 is 11.3 Å². The summed E-state index contributed by atoms with van der Waals surface area (Å²) in [5.41, 5.74) is 5.35. The Balaban J connectivity index is 2.32. The molecule has 1 unspecified atom stereocenters. The Kier molecular flexibility index (Phi) is 6.98. The topological polar surface area (TPSA) is 55.9 Å². The molecule has 18 heavy (non-hydrogen) atoms. The fraction of sp³-hybridized carbons (Fsp3) is 0.786. The van der Waals surface area contributed by atoms with E-state index in [-0.39, 0.29) is 6.04 Å². The molecule has 0 saturated heterocycles. The second kappa shape index (κ2) is 8.27. The summed E-state index contributed by atoms with van der Waals surface area (Å²) in [5, 5.41) is 4.27. The van der Waals surface area contributed by atoms with Crippen LogP contribution in [-0.4, -0.2) is 9.78 Å². The molecule has 1 rings (SSSR count). The van der Waals surface area contributed by atoms with E-state index in [2.05, 4.69) is 24.4 Å². The van der Waals surface area contributed by atoms with E-state index in [0.717, 1.165) is 6.42 Å². The van der Waals surface area contributed by atoms with E-state index in [1.807, 2.05) is 17.9 Å². The van der Waals surface area contributed by atoms with E-state index in [1.165, 1.54) is 49.8 Å². The van der Waals surface area contributed by atoms with Gasteiger partial charge in [-0.2, -0.15) is 5.10 Å². The second-order valence-corrected chi connectivity index (χ2v) is 5.08. The van der Waals surface area contributed by atoms with Crippen LogP contribution in [0, 0.1) is 6.92 Å². The van der Waals surface area contributed by atoms with Crippen molar-refractivity contribution in [3.8, 4) is 0 Å². The number of nitrogens with two attached hydrogens (primary N) is 1. The molecule has 0 aliphatic heterocycles. The average molecular weight is 252 g/mol. The lowest BCUT2D eigenvalue weighted by molar-refractivity contribution is 0.475. The number of nitrogens with one attached hydrogen (secondary N) is 1. The molecule has 104 valence electrons. The van der Waals surface area contributed by atoms with Crippen molar-refractivity contribution >= 4 is 0 Å². The monoisotopic (exact) mass is 252 g/mol. The number of aromatic nitrogens is 2. The molecule has 0 radical (unpaired) electrons. The zero-order chi connectivity index (χ0) is 13.4. The van der Waals surface area contributed by atoms with Crippen LogP contribution in [0.4, 0.5) is 0 Å². The van der Waals surface area contributed by atoms with Gasteiger partial charge in [0, 0.05) is 24.3 Å². The van der Waals surface area contributed by atoms with Crippen molar-refractivity contribution < 1.29 is 0 Å². The first-order valence-electron chi connectivity index (χ1n) is 7.15. The minimum atomic E-state index is 0.241. The molecule has 1 aromatic rings. The summed E-state index contributed by atoms with van der Waals surface area (Å²) < 4.78 is 1.90. The highest BCUT2D eigenvalue weighted by Gasteiger charge is 2.14. The zero-order valence-corrected chi connectivity index (χ0v) is 12.1. The van der Waals surface area contributed by atoms with Gasteiger partial charge in [0.1, 0.15) is 0 Å². The molecule has 0 amide bonds. The van der Waals surface area contributed by atoms with Crippen molar-refractivity contribution in [1.29, 1.82) is 0 Å². The summed E-state index contributed by atoms with van der Waals surface area (Å²) in [7, 11) is 1.97. The number of hydrogen-bond donors (Lipinski definition) is 2. The maximum Gasteiger partial charge on any atom is 0.0540 e. The molecule has 0 fully saturated rings. The van der Waals surface area contributed by atoms with Gasteiger partial charge in [0.2, 0.25) is 0 Å². The third kappa shape index (κ3) is 4.42. The van der Waals surface area contributed by atoms with Crippen LogP contribution in [0.2, 0.25) is 0 Å². The summed E-state index contributed by atoms with van der Waals surface area (Å²) in [6.45, 7) is 4.34. The highest BCUT2D eigenvalue weighted by atomic mass is 15.3. The van der Waals surface area contributed by atoms with Crippen molar-refractivity contribution in [2.24, 2.45) is 12.9 Å². The highest BCUT2D eigenvalue weighted by Crippen LogP contribution is 2.22. The minimum absolute atomic E-state index is 0.241. The molecular formula is C14H28N4. The zero-order valence-electron chi connectivity index (χ0n) is 12.1. The van der Waals surface area contributed by atoms with Crippen LogP contribution in [0.5, 0.6) is 0 Å². The van der Waals surface area contributed by atoms with Crippen LogP contribution in [0.15, 0.2) is 6.20 Å². The van der Waals surface area contributed by atoms with Gasteiger partial charge in [-0.1, -0.05) is 45.4 Å². The molecular weight excluding hydrogens is 224 g/mol. The Morgan fingerprint density at radius 1 is 1.28 bits per heavy atom. The summed E-state index contributed by atoms with van der Waals surface area (Å²) in [5.74, 6) is 5.66. The largest absolute Gasteiger partial charge is 0.273 e. The predicted molar refractivity (Wildman–Crippen MR) is 76.0 cm³/mol. The third-order valence-corrected chi connectivity index (χ3v) is 3.70. The molecule has 0 aliphatic rings. The van der Waals surface area contributed by atoms with Gasteiger partial charge >= 0.3 is 0 Å². The van der Waals surface area contributed by atoms with Gasteiger partial charge in [0.15, 0.2) is 0 Å². The summed E-state index contributed by atoms with van der Waals surface area (Å²) >= 11 is 0. The first kappa shape index (κ1) is 15.2. The van der Waals surface area contributed by atoms with Crippen LogP contribution >= 0.6 is 0 Å². The second-order valence-electron chi connectivity index (χ2n) is 5.08. The maximum absolute atomic E-state index is 5.66. The molecule has 0 aromatic carbocycles. The van der Waals surface area contributed by atoms with Crippen LogP contribution in [0.3, 0.4) is 0 Å². The van der Waals surface area contributed by atoms with Gasteiger partial charge in [-0.25, -0.2) is 0 Å². The number of rotatable bonds is 9. The molecule has 4 heteroatoms. The van der Waals surface area contributed by atoms with Gasteiger partial charge in [-0.3, -0.25) is 16.0 Å². The smallest absolute Gasteiger partial charge is 0.0540 e. The van der Waals surface area contributed by atoms with Crippen molar-refractivity contribution in [2.75, 3.05) is 0 Å². The van der Waals surface area contributed by atoms with E-state index in [0.29, 0.717) is 0 Å². The van der Waals surface area contributed by atoms with E-state index in [1.54, 1.807) is 0 Å². The molecule has 1 aromatic heterocycles. The lowest BCUT2D eigenvalue weighted by Crippen LogP contribution is -2.28. The minimum Gasteiger partial charge on any atom is -0.273 e. The molecule has 0 bridgehead atoms. The number of unbranched alkanes of at least 4 members (excludes halogenated alkanes) is 5. The summed E-state index contributed by atoms with van der Waals surface area (Å²) in [4.78, 5) is 0. The van der Waals surface area contributed by atoms with Gasteiger partial charge in [0.25, 0.3) is 0 Å². The number of aryl methyl sites for hydroxylation is 1. The molecule has 4 nitrogen and oxygen atoms in total. The lowest BCUT2D eigenvalue weighted by Gasteiger charge is -2.15. The third-order valence-electron chi connectivity index (χ3n) is 3.70. The number of hydrogen-bond acceptors (Lipinski definition) is 3. The quantitative estimate of drug-likeness (QED) is 0.403. The maximum atomic E-state index is 5.66. The summed E-state index contributed by atoms with van der Waals surface area (Å²) in [6, 6.07) is 0.241. The van der Waals surface area contributed by atoms with Crippen molar-refractivity contribution in [2.45, 2.75) is 64.8 Å². The Labute approximate surface area is 111 Å². The van der Waals surface area contributed by atoms with Crippen LogP contribution in [-0.2, 0) is 7.05 Å². The normalized spacial score (nSPS) is 12.9. The first-order chi connectivity index (χ1) is 8.70. The average Bonchev–Trinajstić information content (AvgIpc) is 2.70. The van der Waals surface area contributed by atoms with Crippen LogP contribution in [0.1, 0.15) is 69.2 Å². The molecule has 0 aliphatic carbocycles. The molecule has 0 spiro atoms. The SMILES string of the molecule is CCCCCCCCC(NN)c1cnn(C)c1C. The summed E-state index contributed by atoms with van der Waals surface area (Å²) in [6.07, 6.45) is 10.9.